The van der Waals surface area contributed by atoms with Gasteiger partial charge in [-0.25, -0.2) is 0 Å². The number of fused-ring (bicyclic) bond motifs is 1. The third-order valence-electron chi connectivity index (χ3n) is 4.85. The molecule has 126 valence electrons. The molecule has 0 saturated heterocycles. The maximum atomic E-state index is 12.1. The molecule has 4 nitrogen and oxygen atoms in total. The van der Waals surface area contributed by atoms with Crippen molar-refractivity contribution in [2.75, 3.05) is 24.0 Å². The van der Waals surface area contributed by atoms with Gasteiger partial charge in [0.2, 0.25) is 5.91 Å². The van der Waals surface area contributed by atoms with E-state index < -0.39 is 0 Å². The molecule has 2 atom stereocenters. The lowest BCUT2D eigenvalue weighted by molar-refractivity contribution is -0.117. The second kappa shape index (κ2) is 6.56. The lowest BCUT2D eigenvalue weighted by Crippen LogP contribution is -2.45. The zero-order chi connectivity index (χ0) is 17.3. The third kappa shape index (κ3) is 2.84. The Kier molecular flexibility index (Phi) is 4.47. The summed E-state index contributed by atoms with van der Waals surface area (Å²) in [6, 6.07) is 16.7. The maximum absolute atomic E-state index is 12.1. The van der Waals surface area contributed by atoms with Crippen molar-refractivity contribution in [3.8, 4) is 5.75 Å². The van der Waals surface area contributed by atoms with Gasteiger partial charge < -0.3 is 14.5 Å². The second-order valence-electron chi connectivity index (χ2n) is 6.36. The number of amides is 1. The third-order valence-corrected chi connectivity index (χ3v) is 4.85. The summed E-state index contributed by atoms with van der Waals surface area (Å²) in [7, 11) is 3.79. The molecule has 0 saturated carbocycles. The molecule has 0 fully saturated rings. The van der Waals surface area contributed by atoms with E-state index in [0.717, 1.165) is 23.5 Å². The van der Waals surface area contributed by atoms with Gasteiger partial charge in [0.05, 0.1) is 13.2 Å². The molecule has 24 heavy (non-hydrogen) atoms. The van der Waals surface area contributed by atoms with Crippen LogP contribution in [-0.4, -0.2) is 26.1 Å². The van der Waals surface area contributed by atoms with Crippen molar-refractivity contribution in [2.45, 2.75) is 32.4 Å². The lowest BCUT2D eigenvalue weighted by Gasteiger charge is -2.43. The summed E-state index contributed by atoms with van der Waals surface area (Å²) in [5.41, 5.74) is 3.36. The Hall–Kier alpha value is -2.49. The van der Waals surface area contributed by atoms with Crippen LogP contribution in [0.15, 0.2) is 48.5 Å². The molecule has 1 aliphatic rings. The number of carbonyl (C=O) groups is 1. The fourth-order valence-corrected chi connectivity index (χ4v) is 3.63. The Morgan fingerprint density at radius 3 is 2.46 bits per heavy atom. The van der Waals surface area contributed by atoms with Crippen molar-refractivity contribution < 1.29 is 9.53 Å². The first-order chi connectivity index (χ1) is 11.5. The molecule has 2 aromatic carbocycles. The zero-order valence-electron chi connectivity index (χ0n) is 14.7. The summed E-state index contributed by atoms with van der Waals surface area (Å²) in [6.45, 7) is 3.76. The van der Waals surface area contributed by atoms with Gasteiger partial charge in [0.25, 0.3) is 0 Å². The van der Waals surface area contributed by atoms with Gasteiger partial charge in [-0.05, 0) is 49.2 Å². The molecule has 0 radical (unpaired) electrons. The highest BCUT2D eigenvalue weighted by molar-refractivity contribution is 5.93. The average Bonchev–Trinajstić information content (AvgIpc) is 2.60. The number of rotatable bonds is 3. The molecule has 0 spiro atoms. The van der Waals surface area contributed by atoms with Gasteiger partial charge in [-0.3, -0.25) is 4.79 Å². The molecule has 1 heterocycles. The van der Waals surface area contributed by atoms with E-state index in [1.165, 1.54) is 5.56 Å². The van der Waals surface area contributed by atoms with Gasteiger partial charge in [0.1, 0.15) is 5.75 Å². The minimum absolute atomic E-state index is 0.0977. The second-order valence-corrected chi connectivity index (χ2v) is 6.36. The van der Waals surface area contributed by atoms with Crippen LogP contribution in [0.4, 0.5) is 11.4 Å². The maximum Gasteiger partial charge on any atom is 0.224 e. The summed E-state index contributed by atoms with van der Waals surface area (Å²) < 4.78 is 5.25. The van der Waals surface area contributed by atoms with E-state index in [-0.39, 0.29) is 18.0 Å². The number of methoxy groups -OCH3 is 1. The van der Waals surface area contributed by atoms with Crippen LogP contribution in [0, 0.1) is 0 Å². The van der Waals surface area contributed by atoms with Crippen molar-refractivity contribution >= 4 is 17.3 Å². The van der Waals surface area contributed by atoms with Crippen LogP contribution in [0.3, 0.4) is 0 Å². The van der Waals surface area contributed by atoms with Crippen LogP contribution in [-0.2, 0) is 4.79 Å². The number of para-hydroxylation sites is 1. The zero-order valence-corrected chi connectivity index (χ0v) is 14.7. The van der Waals surface area contributed by atoms with Crippen molar-refractivity contribution in [3.63, 3.8) is 0 Å². The Morgan fingerprint density at radius 2 is 1.83 bits per heavy atom. The van der Waals surface area contributed by atoms with Gasteiger partial charge in [0, 0.05) is 31.4 Å². The Bertz CT molecular complexity index is 727. The topological polar surface area (TPSA) is 32.8 Å². The van der Waals surface area contributed by atoms with E-state index >= 15 is 0 Å². The number of carbonyl (C=O) groups excluding carboxylic acids is 1. The van der Waals surface area contributed by atoms with E-state index in [9.17, 15) is 4.79 Å². The summed E-state index contributed by atoms with van der Waals surface area (Å²) in [5.74, 6) is 0.952. The Labute approximate surface area is 143 Å². The molecular weight excluding hydrogens is 300 g/mol. The monoisotopic (exact) mass is 324 g/mol. The summed E-state index contributed by atoms with van der Waals surface area (Å²) in [5, 5.41) is 0. The van der Waals surface area contributed by atoms with Crippen LogP contribution < -0.4 is 14.5 Å². The normalized spacial score (nSPS) is 19.6. The van der Waals surface area contributed by atoms with Crippen molar-refractivity contribution in [1.29, 1.82) is 0 Å². The molecule has 0 aromatic heterocycles. The molecule has 2 aromatic rings. The average molecular weight is 324 g/mol. The predicted molar refractivity (Wildman–Crippen MR) is 97.8 cm³/mol. The first-order valence-electron chi connectivity index (χ1n) is 8.28. The summed E-state index contributed by atoms with van der Waals surface area (Å²) >= 11 is 0. The fraction of sp³-hybridized carbons (Fsp3) is 0.350. The molecule has 3 rings (SSSR count). The molecular formula is C20H24N2O2. The quantitative estimate of drug-likeness (QED) is 0.855. The highest BCUT2D eigenvalue weighted by Crippen LogP contribution is 2.41. The van der Waals surface area contributed by atoms with Gasteiger partial charge in [-0.15, -0.1) is 0 Å². The number of hydrogen-bond donors (Lipinski definition) is 0. The van der Waals surface area contributed by atoms with E-state index in [1.54, 1.807) is 14.0 Å². The molecule has 0 N–H and O–H groups in total. The molecule has 0 unspecified atom stereocenters. The van der Waals surface area contributed by atoms with Crippen LogP contribution >= 0.6 is 0 Å². The molecule has 1 amide bonds. The lowest BCUT2D eigenvalue weighted by atomic mass is 9.90. The standard InChI is InChI=1S/C20H24N2O2/c1-14-13-20(21(3)16-9-11-17(24-4)12-10-16)18-7-5-6-8-19(18)22(14)15(2)23/h5-12,14,20H,13H2,1-4H3/t14-,20+/m1/s1. The Balaban J connectivity index is 1.98. The van der Waals surface area contributed by atoms with Crippen molar-refractivity contribution in [1.82, 2.24) is 0 Å². The SMILES string of the molecule is COc1ccc(N(C)[C@H]2C[C@@H](C)N(C(C)=O)c3ccccc32)cc1. The van der Waals surface area contributed by atoms with Gasteiger partial charge in [-0.1, -0.05) is 18.2 Å². The smallest absolute Gasteiger partial charge is 0.224 e. The number of anilines is 2. The number of hydrogen-bond acceptors (Lipinski definition) is 3. The molecule has 4 heteroatoms. The minimum atomic E-state index is 0.0977. The van der Waals surface area contributed by atoms with E-state index in [2.05, 4.69) is 37.1 Å². The fourth-order valence-electron chi connectivity index (χ4n) is 3.63. The first kappa shape index (κ1) is 16.4. The predicted octanol–water partition coefficient (Wildman–Crippen LogP) is 4.02. The highest BCUT2D eigenvalue weighted by atomic mass is 16.5. The van der Waals surface area contributed by atoms with Crippen LogP contribution in [0.1, 0.15) is 31.9 Å². The molecule has 0 bridgehead atoms. The van der Waals surface area contributed by atoms with Gasteiger partial charge in [0.15, 0.2) is 0 Å². The van der Waals surface area contributed by atoms with Crippen LogP contribution in [0.2, 0.25) is 0 Å². The summed E-state index contributed by atoms with van der Waals surface area (Å²) in [6.07, 6.45) is 0.902. The largest absolute Gasteiger partial charge is 0.497 e. The van der Waals surface area contributed by atoms with E-state index in [1.807, 2.05) is 35.2 Å². The molecule has 1 aliphatic heterocycles. The van der Waals surface area contributed by atoms with Gasteiger partial charge >= 0.3 is 0 Å². The van der Waals surface area contributed by atoms with Crippen LogP contribution in [0.25, 0.3) is 0 Å². The number of nitrogens with zero attached hydrogens (tertiary/aromatic N) is 2. The Morgan fingerprint density at radius 1 is 1.17 bits per heavy atom. The molecule has 0 aliphatic carbocycles. The van der Waals surface area contributed by atoms with Crippen molar-refractivity contribution in [2.24, 2.45) is 0 Å². The van der Waals surface area contributed by atoms with E-state index in [0.29, 0.717) is 0 Å². The van der Waals surface area contributed by atoms with Crippen LogP contribution in [0.5, 0.6) is 5.75 Å². The first-order valence-corrected chi connectivity index (χ1v) is 8.28. The van der Waals surface area contributed by atoms with Gasteiger partial charge in [-0.2, -0.15) is 0 Å². The number of benzene rings is 2. The minimum Gasteiger partial charge on any atom is -0.497 e. The van der Waals surface area contributed by atoms with Crippen molar-refractivity contribution in [3.05, 3.63) is 54.1 Å². The summed E-state index contributed by atoms with van der Waals surface area (Å²) in [4.78, 5) is 16.3. The highest BCUT2D eigenvalue weighted by Gasteiger charge is 2.34. The number of ether oxygens (including phenoxy) is 1. The van der Waals surface area contributed by atoms with E-state index in [4.69, 9.17) is 4.74 Å².